The van der Waals surface area contributed by atoms with Gasteiger partial charge in [0.25, 0.3) is 0 Å². The van der Waals surface area contributed by atoms with Gasteiger partial charge in [0.15, 0.2) is 0 Å². The molecule has 0 saturated carbocycles. The zero-order valence-corrected chi connectivity index (χ0v) is 10.8. The average Bonchev–Trinajstić information content (AvgIpc) is 2.49. The molecule has 19 heavy (non-hydrogen) atoms. The van der Waals surface area contributed by atoms with Crippen LogP contribution in [-0.4, -0.2) is 19.9 Å². The molecule has 1 radical (unpaired) electrons. The van der Waals surface area contributed by atoms with Crippen molar-refractivity contribution < 1.29 is 14.7 Å². The molecule has 0 aliphatic heterocycles. The van der Waals surface area contributed by atoms with Crippen molar-refractivity contribution in [2.24, 2.45) is 5.16 Å². The lowest BCUT2D eigenvalue weighted by Crippen LogP contribution is -2.03. The number of benzene rings is 2. The lowest BCUT2D eigenvalue weighted by Gasteiger charge is -2.06. The Labute approximate surface area is 111 Å². The maximum absolute atomic E-state index is 11.1. The number of rotatable bonds is 4. The molecule has 0 spiro atoms. The smallest absolute Gasteiger partial charge is 0.122 e. The Kier molecular flexibility index (Phi) is 4.03. The van der Waals surface area contributed by atoms with Crippen LogP contribution in [0.1, 0.15) is 11.1 Å². The first kappa shape index (κ1) is 13.0. The Morgan fingerprint density at radius 1 is 0.789 bits per heavy atom. The fraction of sp³-hybridized carbons (Fsp3) is 0.133. The summed E-state index contributed by atoms with van der Waals surface area (Å²) in [5.74, 6) is 1.48. The Hall–Kier alpha value is -2.49. The van der Waals surface area contributed by atoms with Gasteiger partial charge in [-0.2, -0.15) is 0 Å². The van der Waals surface area contributed by atoms with Crippen molar-refractivity contribution in [3.63, 3.8) is 0 Å². The SMILES string of the molecule is COc1ccc(C(=N[O])c2ccc(OC)cc2)cc1. The standard InChI is InChI=1S/C15H14NO3/c1-18-13-7-3-11(4-8-13)15(16-17)12-5-9-14(19-2)10-6-12/h3-10H,1-2H3. The molecule has 4 heteroatoms. The zero-order valence-electron chi connectivity index (χ0n) is 10.8. The number of methoxy groups -OCH3 is 2. The molecule has 0 saturated heterocycles. The second kappa shape index (κ2) is 5.91. The summed E-state index contributed by atoms with van der Waals surface area (Å²) in [5.41, 5.74) is 1.90. The van der Waals surface area contributed by atoms with E-state index < -0.39 is 0 Å². The van der Waals surface area contributed by atoms with Gasteiger partial charge in [-0.15, -0.1) is 5.21 Å². The zero-order chi connectivity index (χ0) is 13.7. The van der Waals surface area contributed by atoms with Crippen LogP contribution in [0.3, 0.4) is 0 Å². The van der Waals surface area contributed by atoms with Gasteiger partial charge in [0.2, 0.25) is 0 Å². The van der Waals surface area contributed by atoms with Crippen molar-refractivity contribution in [2.45, 2.75) is 0 Å². The maximum Gasteiger partial charge on any atom is 0.122 e. The molecule has 4 nitrogen and oxygen atoms in total. The van der Waals surface area contributed by atoms with Crippen molar-refractivity contribution in [3.05, 3.63) is 59.7 Å². The van der Waals surface area contributed by atoms with Gasteiger partial charge < -0.3 is 9.47 Å². The van der Waals surface area contributed by atoms with E-state index in [0.717, 1.165) is 22.6 Å². The largest absolute Gasteiger partial charge is 0.497 e. The summed E-state index contributed by atoms with van der Waals surface area (Å²) < 4.78 is 10.2. The predicted octanol–water partition coefficient (Wildman–Crippen LogP) is 2.89. The Morgan fingerprint density at radius 3 is 1.42 bits per heavy atom. The minimum atomic E-state index is 0.394. The van der Waals surface area contributed by atoms with E-state index in [-0.39, 0.29) is 0 Å². The van der Waals surface area contributed by atoms with Crippen LogP contribution in [-0.2, 0) is 5.21 Å². The molecule has 0 heterocycles. The van der Waals surface area contributed by atoms with E-state index in [9.17, 15) is 5.21 Å². The lowest BCUT2D eigenvalue weighted by molar-refractivity contribution is 0.210. The lowest BCUT2D eigenvalue weighted by atomic mass is 10.0. The number of nitrogens with zero attached hydrogens (tertiary/aromatic N) is 1. The van der Waals surface area contributed by atoms with Gasteiger partial charge in [-0.1, -0.05) is 0 Å². The summed E-state index contributed by atoms with van der Waals surface area (Å²) in [7, 11) is 3.20. The topological polar surface area (TPSA) is 50.7 Å². The number of hydrogen-bond donors (Lipinski definition) is 0. The van der Waals surface area contributed by atoms with Crippen molar-refractivity contribution in [2.75, 3.05) is 14.2 Å². The van der Waals surface area contributed by atoms with Gasteiger partial charge in [-0.3, -0.25) is 0 Å². The second-order valence-corrected chi connectivity index (χ2v) is 3.90. The third-order valence-electron chi connectivity index (χ3n) is 2.82. The highest BCUT2D eigenvalue weighted by Crippen LogP contribution is 2.18. The van der Waals surface area contributed by atoms with Gasteiger partial charge in [0.1, 0.15) is 17.2 Å². The van der Waals surface area contributed by atoms with E-state index in [1.807, 2.05) is 0 Å². The van der Waals surface area contributed by atoms with E-state index in [2.05, 4.69) is 5.16 Å². The summed E-state index contributed by atoms with van der Waals surface area (Å²) >= 11 is 0. The molecule has 0 fully saturated rings. The summed E-state index contributed by atoms with van der Waals surface area (Å²) in [6.45, 7) is 0. The van der Waals surface area contributed by atoms with Crippen LogP contribution in [0.25, 0.3) is 0 Å². The maximum atomic E-state index is 11.1. The molecule has 0 bridgehead atoms. The van der Waals surface area contributed by atoms with E-state index >= 15 is 0 Å². The van der Waals surface area contributed by atoms with Crippen LogP contribution < -0.4 is 9.47 Å². The monoisotopic (exact) mass is 256 g/mol. The minimum absolute atomic E-state index is 0.394. The minimum Gasteiger partial charge on any atom is -0.497 e. The number of hydrogen-bond acceptors (Lipinski definition) is 3. The molecule has 2 aromatic carbocycles. The molecule has 0 aliphatic rings. The Bertz CT molecular complexity index is 509. The average molecular weight is 256 g/mol. The summed E-state index contributed by atoms with van der Waals surface area (Å²) in [6.07, 6.45) is 0. The Balaban J connectivity index is 2.32. The molecule has 97 valence electrons. The second-order valence-electron chi connectivity index (χ2n) is 3.90. The van der Waals surface area contributed by atoms with Crippen LogP contribution >= 0.6 is 0 Å². The summed E-state index contributed by atoms with van der Waals surface area (Å²) in [6, 6.07) is 14.4. The molecule has 0 atom stereocenters. The quantitative estimate of drug-likeness (QED) is 0.624. The summed E-state index contributed by atoms with van der Waals surface area (Å²) in [4.78, 5) is 0. The van der Waals surface area contributed by atoms with Crippen molar-refractivity contribution in [3.8, 4) is 11.5 Å². The van der Waals surface area contributed by atoms with Crippen molar-refractivity contribution >= 4 is 5.71 Å². The first-order valence-electron chi connectivity index (χ1n) is 5.77. The van der Waals surface area contributed by atoms with Gasteiger partial charge in [0.05, 0.1) is 14.2 Å². The Morgan fingerprint density at radius 2 is 1.16 bits per heavy atom. The van der Waals surface area contributed by atoms with Crippen LogP contribution in [0.5, 0.6) is 11.5 Å². The molecular weight excluding hydrogens is 242 g/mol. The van der Waals surface area contributed by atoms with Crippen LogP contribution in [0.2, 0.25) is 0 Å². The van der Waals surface area contributed by atoms with E-state index in [1.54, 1.807) is 62.8 Å². The highest BCUT2D eigenvalue weighted by molar-refractivity contribution is 6.12. The highest BCUT2D eigenvalue weighted by atomic mass is 16.5. The molecule has 0 N–H and O–H groups in total. The van der Waals surface area contributed by atoms with Gasteiger partial charge in [-0.25, -0.2) is 0 Å². The summed E-state index contributed by atoms with van der Waals surface area (Å²) in [5, 5.41) is 14.2. The van der Waals surface area contributed by atoms with Gasteiger partial charge in [-0.05, 0) is 53.7 Å². The fourth-order valence-electron chi connectivity index (χ4n) is 1.77. The first-order chi connectivity index (χ1) is 9.28. The third kappa shape index (κ3) is 2.85. The van der Waals surface area contributed by atoms with E-state index in [0.29, 0.717) is 5.71 Å². The van der Waals surface area contributed by atoms with E-state index in [1.165, 1.54) is 0 Å². The molecule has 0 aliphatic carbocycles. The molecular formula is C15H14NO3. The van der Waals surface area contributed by atoms with E-state index in [4.69, 9.17) is 9.47 Å². The number of ether oxygens (including phenoxy) is 2. The highest BCUT2D eigenvalue weighted by Gasteiger charge is 2.08. The molecule has 2 rings (SSSR count). The third-order valence-corrected chi connectivity index (χ3v) is 2.82. The van der Waals surface area contributed by atoms with Crippen LogP contribution in [0.15, 0.2) is 53.7 Å². The van der Waals surface area contributed by atoms with Crippen LogP contribution in [0.4, 0.5) is 0 Å². The molecule has 0 aromatic heterocycles. The molecule has 0 unspecified atom stereocenters. The van der Waals surface area contributed by atoms with Crippen LogP contribution in [0, 0.1) is 0 Å². The normalized spacial score (nSPS) is 9.79. The van der Waals surface area contributed by atoms with Crippen molar-refractivity contribution in [1.82, 2.24) is 0 Å². The molecule has 0 amide bonds. The van der Waals surface area contributed by atoms with Gasteiger partial charge >= 0.3 is 0 Å². The first-order valence-corrected chi connectivity index (χ1v) is 5.77. The van der Waals surface area contributed by atoms with Crippen molar-refractivity contribution in [1.29, 1.82) is 0 Å². The fourth-order valence-corrected chi connectivity index (χ4v) is 1.77. The van der Waals surface area contributed by atoms with Gasteiger partial charge in [0, 0.05) is 11.1 Å². The molecule has 2 aromatic rings. The predicted molar refractivity (Wildman–Crippen MR) is 72.3 cm³/mol.